The number of rotatable bonds is 4. The Bertz CT molecular complexity index is 1570. The maximum absolute atomic E-state index is 4.39. The van der Waals surface area contributed by atoms with Crippen molar-refractivity contribution in [2.45, 2.75) is 6.92 Å². The van der Waals surface area contributed by atoms with Gasteiger partial charge in [-0.25, -0.2) is 0 Å². The summed E-state index contributed by atoms with van der Waals surface area (Å²) in [7, 11) is 0. The van der Waals surface area contributed by atoms with E-state index in [0.717, 1.165) is 39.3 Å². The zero-order chi connectivity index (χ0) is 29.5. The molecule has 0 saturated heterocycles. The van der Waals surface area contributed by atoms with Crippen LogP contribution >= 0.6 is 0 Å². The minimum absolute atomic E-state index is 0. The largest absolute Gasteiger partial charge is 3.00 e. The van der Waals surface area contributed by atoms with Crippen molar-refractivity contribution in [3.8, 4) is 44.9 Å². The number of aryl methyl sites for hydroxylation is 1. The van der Waals surface area contributed by atoms with E-state index in [1.54, 1.807) is 12.4 Å². The average molecular weight is 745 g/mol. The summed E-state index contributed by atoms with van der Waals surface area (Å²) in [6.45, 7) is 2.07. The van der Waals surface area contributed by atoms with Crippen LogP contribution in [0.15, 0.2) is 164 Å². The molecule has 44 heavy (non-hydrogen) atoms. The van der Waals surface area contributed by atoms with Gasteiger partial charge in [0.1, 0.15) is 0 Å². The van der Waals surface area contributed by atoms with Crippen molar-refractivity contribution >= 4 is 0 Å². The minimum Gasteiger partial charge on any atom is -0.305 e. The van der Waals surface area contributed by atoms with Crippen LogP contribution in [0.25, 0.3) is 44.9 Å². The number of nitrogens with zero attached hydrogens (tertiary/aromatic N) is 3. The van der Waals surface area contributed by atoms with Gasteiger partial charge in [0.25, 0.3) is 0 Å². The van der Waals surface area contributed by atoms with E-state index >= 15 is 0 Å². The molecule has 0 bridgehead atoms. The fraction of sp³-hybridized carbons (Fsp3) is 0.0250. The standard InChI is InChI=1S/C18H14N.2C11H8N.Ir/c1-14-11-16(15-7-3-2-4-8-15)13-17(12-14)18-9-5-6-10-19-18;2*1-2-6-10(7-3-1)11-8-4-5-9-12-11;/h2-11,13H,1H3;2*1-6,8-9H;/q3*-1;+3. The topological polar surface area (TPSA) is 38.7 Å². The molecular weight excluding hydrogens is 715 g/mol. The van der Waals surface area contributed by atoms with Gasteiger partial charge in [0.15, 0.2) is 0 Å². The molecule has 4 aromatic carbocycles. The van der Waals surface area contributed by atoms with E-state index in [1.807, 2.05) is 115 Å². The average Bonchev–Trinajstić information content (AvgIpc) is 3.11. The van der Waals surface area contributed by atoms with Crippen LogP contribution in [0.2, 0.25) is 0 Å². The molecule has 7 aromatic rings. The summed E-state index contributed by atoms with van der Waals surface area (Å²) in [6.07, 6.45) is 5.39. The zero-order valence-corrected chi connectivity index (χ0v) is 26.7. The Hall–Kier alpha value is -5.02. The second kappa shape index (κ2) is 17.2. The summed E-state index contributed by atoms with van der Waals surface area (Å²) < 4.78 is 0. The summed E-state index contributed by atoms with van der Waals surface area (Å²) in [5, 5.41) is 0. The molecule has 0 spiro atoms. The second-order valence-electron chi connectivity index (χ2n) is 9.53. The maximum atomic E-state index is 4.39. The molecule has 0 atom stereocenters. The Morgan fingerprint density at radius 3 is 1.32 bits per heavy atom. The Kier molecular flexibility index (Phi) is 12.5. The fourth-order valence-corrected chi connectivity index (χ4v) is 4.32. The molecule has 0 aliphatic carbocycles. The van der Waals surface area contributed by atoms with E-state index in [4.69, 9.17) is 0 Å². The van der Waals surface area contributed by atoms with Crippen LogP contribution in [0, 0.1) is 25.1 Å². The van der Waals surface area contributed by atoms with Gasteiger partial charge in [0, 0.05) is 18.6 Å². The molecule has 214 valence electrons. The first kappa shape index (κ1) is 31.9. The van der Waals surface area contributed by atoms with Crippen molar-refractivity contribution in [2.75, 3.05) is 0 Å². The van der Waals surface area contributed by atoms with Crippen LogP contribution in [-0.4, -0.2) is 15.0 Å². The second-order valence-corrected chi connectivity index (χ2v) is 9.53. The summed E-state index contributed by atoms with van der Waals surface area (Å²) in [6, 6.07) is 57.6. The van der Waals surface area contributed by atoms with Crippen molar-refractivity contribution in [3.63, 3.8) is 0 Å². The third-order valence-electron chi connectivity index (χ3n) is 6.35. The molecule has 0 N–H and O–H groups in total. The molecule has 3 nitrogen and oxygen atoms in total. The SMILES string of the molecule is Cc1[c-]c(-c2ccccn2)cc(-c2ccccc2)c1.[Ir+3].[c-]1ccccc1-c1ccccn1.[c-]1ccccc1-c1ccccn1. The molecule has 3 heterocycles. The van der Waals surface area contributed by atoms with Crippen LogP contribution in [0.1, 0.15) is 5.56 Å². The van der Waals surface area contributed by atoms with E-state index in [9.17, 15) is 0 Å². The molecule has 0 aliphatic heterocycles. The predicted octanol–water partition coefficient (Wildman–Crippen LogP) is 9.62. The number of pyridine rings is 3. The predicted molar refractivity (Wildman–Crippen MR) is 176 cm³/mol. The van der Waals surface area contributed by atoms with E-state index in [0.29, 0.717) is 0 Å². The van der Waals surface area contributed by atoms with Crippen LogP contribution in [0.4, 0.5) is 0 Å². The van der Waals surface area contributed by atoms with Crippen LogP contribution in [0.3, 0.4) is 0 Å². The molecule has 0 amide bonds. The first-order chi connectivity index (χ1) is 21.3. The Balaban J connectivity index is 0.000000155. The summed E-state index contributed by atoms with van der Waals surface area (Å²) in [5.41, 5.74) is 9.58. The van der Waals surface area contributed by atoms with E-state index < -0.39 is 0 Å². The van der Waals surface area contributed by atoms with Crippen molar-refractivity contribution < 1.29 is 20.1 Å². The van der Waals surface area contributed by atoms with Gasteiger partial charge in [0.2, 0.25) is 0 Å². The van der Waals surface area contributed by atoms with Crippen molar-refractivity contribution in [2.24, 2.45) is 0 Å². The Morgan fingerprint density at radius 1 is 0.432 bits per heavy atom. The number of benzene rings is 4. The third-order valence-corrected chi connectivity index (χ3v) is 6.35. The van der Waals surface area contributed by atoms with Crippen LogP contribution in [0.5, 0.6) is 0 Å². The fourth-order valence-electron chi connectivity index (χ4n) is 4.32. The molecule has 0 unspecified atom stereocenters. The van der Waals surface area contributed by atoms with Crippen LogP contribution in [-0.2, 0) is 20.1 Å². The van der Waals surface area contributed by atoms with E-state index in [1.165, 1.54) is 11.1 Å². The molecular formula is C40H30IrN3. The van der Waals surface area contributed by atoms with Crippen molar-refractivity contribution in [1.82, 2.24) is 15.0 Å². The molecule has 0 radical (unpaired) electrons. The third kappa shape index (κ3) is 9.50. The smallest absolute Gasteiger partial charge is 0.305 e. The normalized spacial score (nSPS) is 9.75. The van der Waals surface area contributed by atoms with Crippen molar-refractivity contribution in [1.29, 1.82) is 0 Å². The molecule has 0 fully saturated rings. The van der Waals surface area contributed by atoms with Crippen LogP contribution < -0.4 is 0 Å². The first-order valence-corrected chi connectivity index (χ1v) is 14.0. The Labute approximate surface area is 273 Å². The van der Waals surface area contributed by atoms with Gasteiger partial charge in [-0.2, -0.15) is 0 Å². The summed E-state index contributed by atoms with van der Waals surface area (Å²) in [5.74, 6) is 0. The molecule has 0 aliphatic rings. The van der Waals surface area contributed by atoms with Gasteiger partial charge in [-0.05, 0) is 40.8 Å². The van der Waals surface area contributed by atoms with E-state index in [-0.39, 0.29) is 20.1 Å². The monoisotopic (exact) mass is 745 g/mol. The molecule has 3 aromatic heterocycles. The number of aromatic nitrogens is 3. The van der Waals surface area contributed by atoms with Gasteiger partial charge < -0.3 is 15.0 Å². The van der Waals surface area contributed by atoms with E-state index in [2.05, 4.69) is 76.5 Å². The minimum atomic E-state index is 0. The first-order valence-electron chi connectivity index (χ1n) is 14.0. The quantitative estimate of drug-likeness (QED) is 0.169. The summed E-state index contributed by atoms with van der Waals surface area (Å²) >= 11 is 0. The van der Waals surface area contributed by atoms with Gasteiger partial charge in [-0.1, -0.05) is 73.7 Å². The molecule has 4 heteroatoms. The summed E-state index contributed by atoms with van der Waals surface area (Å²) in [4.78, 5) is 12.8. The van der Waals surface area contributed by atoms with Gasteiger partial charge in [-0.15, -0.1) is 107 Å². The molecule has 0 saturated carbocycles. The number of hydrogen-bond donors (Lipinski definition) is 0. The van der Waals surface area contributed by atoms with Crippen molar-refractivity contribution in [3.05, 3.63) is 188 Å². The molecule has 7 rings (SSSR count). The van der Waals surface area contributed by atoms with Gasteiger partial charge in [0.05, 0.1) is 0 Å². The number of hydrogen-bond acceptors (Lipinski definition) is 3. The van der Waals surface area contributed by atoms with Gasteiger partial charge >= 0.3 is 20.1 Å². The zero-order valence-electron chi connectivity index (χ0n) is 24.3. The van der Waals surface area contributed by atoms with Gasteiger partial charge in [-0.3, -0.25) is 0 Å². The Morgan fingerprint density at radius 2 is 0.886 bits per heavy atom. The maximum Gasteiger partial charge on any atom is 3.00 e.